The lowest BCUT2D eigenvalue weighted by Gasteiger charge is -2.32. The number of anilines is 1. The van der Waals surface area contributed by atoms with Gasteiger partial charge in [-0.15, -0.1) is 5.10 Å². The van der Waals surface area contributed by atoms with Crippen LogP contribution in [0.3, 0.4) is 0 Å². The number of aryl methyl sites for hydroxylation is 2. The van der Waals surface area contributed by atoms with Crippen molar-refractivity contribution in [2.45, 2.75) is 25.8 Å². The molecule has 1 fully saturated rings. The molecule has 0 atom stereocenters. The van der Waals surface area contributed by atoms with Crippen LogP contribution in [0.25, 0.3) is 5.69 Å². The second-order valence-electron chi connectivity index (χ2n) is 7.16. The summed E-state index contributed by atoms with van der Waals surface area (Å²) in [4.78, 5) is 31.1. The van der Waals surface area contributed by atoms with E-state index in [-0.39, 0.29) is 17.5 Å². The topological polar surface area (TPSA) is 111 Å². The van der Waals surface area contributed by atoms with Crippen molar-refractivity contribution in [3.8, 4) is 5.69 Å². The molecule has 29 heavy (non-hydrogen) atoms. The van der Waals surface area contributed by atoms with Gasteiger partial charge in [0.25, 0.3) is 11.5 Å². The Hall–Kier alpha value is -3.56. The molecule has 1 N–H and O–H groups in total. The third-order valence-electron chi connectivity index (χ3n) is 5.18. The molecular formula is C19H22N8O2. The summed E-state index contributed by atoms with van der Waals surface area (Å²) in [6.07, 6.45) is 6.31. The fourth-order valence-electron chi connectivity index (χ4n) is 3.53. The highest BCUT2D eigenvalue weighted by atomic mass is 16.1. The van der Waals surface area contributed by atoms with Gasteiger partial charge in [0.15, 0.2) is 5.82 Å². The first-order chi connectivity index (χ1) is 14.0. The summed E-state index contributed by atoms with van der Waals surface area (Å²) in [6.45, 7) is 3.27. The molecule has 3 heterocycles. The van der Waals surface area contributed by atoms with Crippen molar-refractivity contribution < 1.29 is 4.79 Å². The van der Waals surface area contributed by atoms with Crippen LogP contribution in [-0.4, -0.2) is 54.8 Å². The number of nitrogens with zero attached hydrogens (tertiary/aromatic N) is 7. The molecule has 0 spiro atoms. The summed E-state index contributed by atoms with van der Waals surface area (Å²) in [6, 6.07) is 5.50. The Morgan fingerprint density at radius 3 is 2.72 bits per heavy atom. The summed E-state index contributed by atoms with van der Waals surface area (Å²) in [7, 11) is 1.72. The molecule has 1 aliphatic heterocycles. The number of hydrogen-bond acceptors (Lipinski definition) is 7. The maximum Gasteiger partial charge on any atom is 0.293 e. The first-order valence-electron chi connectivity index (χ1n) is 9.44. The Morgan fingerprint density at radius 1 is 1.24 bits per heavy atom. The van der Waals surface area contributed by atoms with E-state index in [4.69, 9.17) is 0 Å². The van der Waals surface area contributed by atoms with Crippen molar-refractivity contribution in [3.63, 3.8) is 0 Å². The zero-order chi connectivity index (χ0) is 20.4. The molecule has 150 valence electrons. The second-order valence-corrected chi connectivity index (χ2v) is 7.16. The standard InChI is InChI=1S/C19H22N8O2/c1-13-11-14(3-4-16(13)27-12-21-23-24-27)18(28)22-15-5-8-26(9-6-15)17-19(29)25(2)10-7-20-17/h3-4,7,10-12,15H,5-6,8-9H2,1-2H3,(H,22,28). The van der Waals surface area contributed by atoms with Gasteiger partial charge < -0.3 is 14.8 Å². The van der Waals surface area contributed by atoms with Gasteiger partial charge in [-0.25, -0.2) is 9.67 Å². The van der Waals surface area contributed by atoms with Crippen molar-refractivity contribution in [1.82, 2.24) is 35.1 Å². The van der Waals surface area contributed by atoms with Gasteiger partial charge in [0.05, 0.1) is 5.69 Å². The predicted octanol–water partition coefficient (Wildman–Crippen LogP) is 0.463. The summed E-state index contributed by atoms with van der Waals surface area (Å²) >= 11 is 0. The monoisotopic (exact) mass is 394 g/mol. The molecule has 10 heteroatoms. The summed E-state index contributed by atoms with van der Waals surface area (Å²) in [5, 5.41) is 14.3. The lowest BCUT2D eigenvalue weighted by Crippen LogP contribution is -2.46. The van der Waals surface area contributed by atoms with Crippen LogP contribution in [0.4, 0.5) is 5.82 Å². The maximum atomic E-state index is 12.7. The van der Waals surface area contributed by atoms with Gasteiger partial charge in [-0.1, -0.05) is 0 Å². The number of carbonyl (C=O) groups excluding carboxylic acids is 1. The number of nitrogens with one attached hydrogen (secondary N) is 1. The van der Waals surface area contributed by atoms with E-state index in [1.807, 2.05) is 24.0 Å². The van der Waals surface area contributed by atoms with Gasteiger partial charge in [-0.3, -0.25) is 9.59 Å². The molecule has 4 rings (SSSR count). The molecule has 10 nitrogen and oxygen atoms in total. The maximum absolute atomic E-state index is 12.7. The Bertz CT molecular complexity index is 1070. The zero-order valence-corrected chi connectivity index (χ0v) is 16.3. The Kier molecular flexibility index (Phi) is 5.07. The molecule has 1 aromatic carbocycles. The van der Waals surface area contributed by atoms with Gasteiger partial charge in [0, 0.05) is 44.1 Å². The van der Waals surface area contributed by atoms with Gasteiger partial charge >= 0.3 is 0 Å². The minimum absolute atomic E-state index is 0.0609. The van der Waals surface area contributed by atoms with Gasteiger partial charge in [0.2, 0.25) is 0 Å². The van der Waals surface area contributed by atoms with Crippen molar-refractivity contribution in [2.75, 3.05) is 18.0 Å². The molecule has 1 aliphatic rings. The molecule has 3 aromatic rings. The number of carbonyl (C=O) groups is 1. The average Bonchev–Trinajstić information content (AvgIpc) is 3.25. The van der Waals surface area contributed by atoms with Crippen LogP contribution in [0.5, 0.6) is 0 Å². The number of amides is 1. The molecule has 0 unspecified atom stereocenters. The predicted molar refractivity (Wildman–Crippen MR) is 106 cm³/mol. The average molecular weight is 394 g/mol. The van der Waals surface area contributed by atoms with E-state index in [1.54, 1.807) is 30.2 Å². The molecule has 2 aromatic heterocycles. The summed E-state index contributed by atoms with van der Waals surface area (Å²) in [5.41, 5.74) is 2.23. The van der Waals surface area contributed by atoms with E-state index >= 15 is 0 Å². The van der Waals surface area contributed by atoms with Crippen LogP contribution < -0.4 is 15.8 Å². The Morgan fingerprint density at radius 2 is 2.03 bits per heavy atom. The highest BCUT2D eigenvalue weighted by Gasteiger charge is 2.24. The fourth-order valence-corrected chi connectivity index (χ4v) is 3.53. The van der Waals surface area contributed by atoms with Crippen LogP contribution in [-0.2, 0) is 7.05 Å². The SMILES string of the molecule is Cc1cc(C(=O)NC2CCN(c3nccn(C)c3=O)CC2)ccc1-n1cnnn1. The lowest BCUT2D eigenvalue weighted by atomic mass is 10.0. The highest BCUT2D eigenvalue weighted by molar-refractivity contribution is 5.94. The molecule has 1 saturated heterocycles. The van der Waals surface area contributed by atoms with Crippen LogP contribution in [0, 0.1) is 6.92 Å². The highest BCUT2D eigenvalue weighted by Crippen LogP contribution is 2.17. The van der Waals surface area contributed by atoms with E-state index in [1.165, 1.54) is 10.9 Å². The minimum atomic E-state index is -0.108. The third-order valence-corrected chi connectivity index (χ3v) is 5.18. The fraction of sp³-hybridized carbons (Fsp3) is 0.368. The number of tetrazole rings is 1. The molecule has 0 radical (unpaired) electrons. The quantitative estimate of drug-likeness (QED) is 0.684. The molecule has 1 amide bonds. The first-order valence-corrected chi connectivity index (χ1v) is 9.44. The third kappa shape index (κ3) is 3.86. The van der Waals surface area contributed by atoms with Crippen molar-refractivity contribution >= 4 is 11.7 Å². The number of aromatic nitrogens is 6. The summed E-state index contributed by atoms with van der Waals surface area (Å²) < 4.78 is 3.09. The van der Waals surface area contributed by atoms with Gasteiger partial charge in [0.1, 0.15) is 6.33 Å². The Balaban J connectivity index is 1.38. The molecule has 0 saturated carbocycles. The normalized spacial score (nSPS) is 14.8. The number of hydrogen-bond donors (Lipinski definition) is 1. The smallest absolute Gasteiger partial charge is 0.293 e. The van der Waals surface area contributed by atoms with E-state index in [9.17, 15) is 9.59 Å². The van der Waals surface area contributed by atoms with Crippen molar-refractivity contribution in [3.05, 3.63) is 58.4 Å². The van der Waals surface area contributed by atoms with Crippen LogP contribution in [0.1, 0.15) is 28.8 Å². The van der Waals surface area contributed by atoms with E-state index in [0.717, 1.165) is 24.1 Å². The van der Waals surface area contributed by atoms with Crippen LogP contribution in [0.15, 0.2) is 41.7 Å². The van der Waals surface area contributed by atoms with E-state index in [2.05, 4.69) is 25.8 Å². The minimum Gasteiger partial charge on any atom is -0.352 e. The second kappa shape index (κ2) is 7.82. The molecule has 0 aliphatic carbocycles. The lowest BCUT2D eigenvalue weighted by molar-refractivity contribution is 0.0931. The van der Waals surface area contributed by atoms with Crippen molar-refractivity contribution in [1.29, 1.82) is 0 Å². The van der Waals surface area contributed by atoms with E-state index < -0.39 is 0 Å². The van der Waals surface area contributed by atoms with Crippen LogP contribution in [0.2, 0.25) is 0 Å². The number of benzene rings is 1. The molecular weight excluding hydrogens is 372 g/mol. The molecule has 0 bridgehead atoms. The van der Waals surface area contributed by atoms with Crippen LogP contribution >= 0.6 is 0 Å². The summed E-state index contributed by atoms with van der Waals surface area (Å²) in [5.74, 6) is 0.358. The zero-order valence-electron chi connectivity index (χ0n) is 16.3. The number of rotatable bonds is 4. The largest absolute Gasteiger partial charge is 0.352 e. The van der Waals surface area contributed by atoms with E-state index in [0.29, 0.717) is 24.5 Å². The van der Waals surface area contributed by atoms with Gasteiger partial charge in [-0.05, 0) is 54.0 Å². The number of piperidine rings is 1. The van der Waals surface area contributed by atoms with Crippen molar-refractivity contribution in [2.24, 2.45) is 7.05 Å². The Labute approximate surface area is 167 Å². The van der Waals surface area contributed by atoms with Gasteiger partial charge in [-0.2, -0.15) is 0 Å². The first kappa shape index (κ1) is 18.8.